The van der Waals surface area contributed by atoms with Crippen molar-refractivity contribution >= 4 is 21.5 Å². The van der Waals surface area contributed by atoms with Crippen LogP contribution in [0.2, 0.25) is 0 Å². The van der Waals surface area contributed by atoms with E-state index in [0.29, 0.717) is 24.3 Å². The Kier molecular flexibility index (Phi) is 3.97. The lowest BCUT2D eigenvalue weighted by atomic mass is 9.92. The SMILES string of the molecule is Oc1ccc2cc3ccc2c1-c1c(O)ccc2cc(ccc12)OCCCCO3. The van der Waals surface area contributed by atoms with Crippen LogP contribution in [0.25, 0.3) is 32.7 Å². The standard InChI is InChI=1S/C24H20O4/c25-21-9-3-15-13-17-5-7-19(15)23(21)24-20-8-6-18(28-12-2-1-11-27-17)14-16(20)4-10-22(24)26/h3-10,13-14,25-26H,1-2,11-12H2. The molecule has 4 aliphatic heterocycles. The molecule has 0 aromatic heterocycles. The Balaban J connectivity index is 1.85. The maximum Gasteiger partial charge on any atom is 0.124 e. The summed E-state index contributed by atoms with van der Waals surface area (Å²) in [6.45, 7) is 1.25. The van der Waals surface area contributed by atoms with Crippen LogP contribution in [-0.2, 0) is 0 Å². The van der Waals surface area contributed by atoms with Gasteiger partial charge in [0, 0.05) is 11.1 Å². The van der Waals surface area contributed by atoms with E-state index in [-0.39, 0.29) is 11.5 Å². The second-order valence-electron chi connectivity index (χ2n) is 7.09. The zero-order valence-electron chi connectivity index (χ0n) is 15.3. The Bertz CT molecular complexity index is 1100. The summed E-state index contributed by atoms with van der Waals surface area (Å²) in [5.41, 5.74) is 1.24. The molecule has 0 saturated heterocycles. The van der Waals surface area contributed by atoms with Gasteiger partial charge in [-0.15, -0.1) is 0 Å². The van der Waals surface area contributed by atoms with Crippen LogP contribution in [0.4, 0.5) is 0 Å². The summed E-state index contributed by atoms with van der Waals surface area (Å²) in [5, 5.41) is 25.0. The fourth-order valence-corrected chi connectivity index (χ4v) is 3.88. The second kappa shape index (κ2) is 6.64. The molecule has 4 aliphatic rings. The smallest absolute Gasteiger partial charge is 0.124 e. The predicted octanol–water partition coefficient (Wildman–Crippen LogP) is 5.62. The van der Waals surface area contributed by atoms with Crippen molar-refractivity contribution in [3.8, 4) is 34.1 Å². The molecule has 4 heteroatoms. The van der Waals surface area contributed by atoms with Crippen LogP contribution < -0.4 is 9.47 Å². The van der Waals surface area contributed by atoms with Crippen LogP contribution in [0, 0.1) is 0 Å². The third-order valence-electron chi connectivity index (χ3n) is 5.26. The molecule has 8 bridgehead atoms. The van der Waals surface area contributed by atoms with Gasteiger partial charge in [0.1, 0.15) is 23.0 Å². The van der Waals surface area contributed by atoms with Crippen molar-refractivity contribution in [3.05, 3.63) is 60.7 Å². The molecule has 140 valence electrons. The van der Waals surface area contributed by atoms with Crippen molar-refractivity contribution in [2.45, 2.75) is 12.8 Å². The van der Waals surface area contributed by atoms with Crippen LogP contribution in [-0.4, -0.2) is 23.4 Å². The van der Waals surface area contributed by atoms with Gasteiger partial charge >= 0.3 is 0 Å². The van der Waals surface area contributed by atoms with Crippen molar-refractivity contribution in [1.29, 1.82) is 0 Å². The van der Waals surface area contributed by atoms with Crippen molar-refractivity contribution in [2.24, 2.45) is 0 Å². The van der Waals surface area contributed by atoms with Gasteiger partial charge in [0.2, 0.25) is 0 Å². The Morgan fingerprint density at radius 1 is 0.571 bits per heavy atom. The topological polar surface area (TPSA) is 58.9 Å². The molecule has 4 aromatic carbocycles. The molecule has 0 atom stereocenters. The normalized spacial score (nSPS) is 14.0. The maximum atomic E-state index is 10.7. The van der Waals surface area contributed by atoms with Crippen LogP contribution in [0.5, 0.6) is 23.0 Å². The molecule has 0 aliphatic carbocycles. The fraction of sp³-hybridized carbons (Fsp3) is 0.167. The molecule has 4 aromatic rings. The maximum absolute atomic E-state index is 10.7. The molecule has 4 nitrogen and oxygen atoms in total. The number of phenols is 2. The van der Waals surface area contributed by atoms with E-state index in [4.69, 9.17) is 9.47 Å². The summed E-state index contributed by atoms with van der Waals surface area (Å²) in [6.07, 6.45) is 1.81. The number of phenolic OH excluding ortho intramolecular Hbond substituents is 2. The zero-order chi connectivity index (χ0) is 19.1. The first kappa shape index (κ1) is 16.8. The number of benzene rings is 4. The summed E-state index contributed by atoms with van der Waals surface area (Å²) in [5.74, 6) is 1.85. The van der Waals surface area contributed by atoms with E-state index in [1.807, 2.05) is 48.5 Å². The largest absolute Gasteiger partial charge is 0.507 e. The highest BCUT2D eigenvalue weighted by Crippen LogP contribution is 2.45. The zero-order valence-corrected chi connectivity index (χ0v) is 15.3. The minimum atomic E-state index is 0.130. The molecule has 0 radical (unpaired) electrons. The third-order valence-corrected chi connectivity index (χ3v) is 5.26. The quantitative estimate of drug-likeness (QED) is 0.420. The Labute approximate surface area is 162 Å². The van der Waals surface area contributed by atoms with Crippen molar-refractivity contribution in [2.75, 3.05) is 13.2 Å². The lowest BCUT2D eigenvalue weighted by molar-refractivity contribution is 0.267. The first-order chi connectivity index (χ1) is 13.7. The monoisotopic (exact) mass is 372 g/mol. The van der Waals surface area contributed by atoms with Crippen LogP contribution >= 0.6 is 0 Å². The molecule has 0 unspecified atom stereocenters. The predicted molar refractivity (Wildman–Crippen MR) is 110 cm³/mol. The molecule has 0 spiro atoms. The summed E-state index contributed by atoms with van der Waals surface area (Å²) in [7, 11) is 0. The number of rotatable bonds is 0. The minimum absolute atomic E-state index is 0.130. The lowest BCUT2D eigenvalue weighted by Crippen LogP contribution is -2.03. The Morgan fingerprint density at radius 2 is 1.04 bits per heavy atom. The third kappa shape index (κ3) is 2.78. The summed E-state index contributed by atoms with van der Waals surface area (Å²) < 4.78 is 11.7. The highest BCUT2D eigenvalue weighted by molar-refractivity contribution is 6.10. The molecule has 28 heavy (non-hydrogen) atoms. The van der Waals surface area contributed by atoms with Crippen LogP contribution in [0.1, 0.15) is 12.8 Å². The van der Waals surface area contributed by atoms with E-state index < -0.39 is 0 Å². The van der Waals surface area contributed by atoms with Crippen LogP contribution in [0.3, 0.4) is 0 Å². The number of aromatic hydroxyl groups is 2. The summed E-state index contributed by atoms with van der Waals surface area (Å²) >= 11 is 0. The highest BCUT2D eigenvalue weighted by atomic mass is 16.5. The summed E-state index contributed by atoms with van der Waals surface area (Å²) in [6, 6.07) is 18.7. The Morgan fingerprint density at radius 3 is 1.50 bits per heavy atom. The van der Waals surface area contributed by atoms with E-state index >= 15 is 0 Å². The van der Waals surface area contributed by atoms with Gasteiger partial charge in [-0.1, -0.05) is 12.1 Å². The first-order valence-electron chi connectivity index (χ1n) is 9.48. The van der Waals surface area contributed by atoms with Gasteiger partial charge < -0.3 is 19.7 Å². The van der Waals surface area contributed by atoms with E-state index in [9.17, 15) is 10.2 Å². The molecule has 4 heterocycles. The fourth-order valence-electron chi connectivity index (χ4n) is 3.88. The van der Waals surface area contributed by atoms with Gasteiger partial charge in [-0.05, 0) is 82.9 Å². The number of ether oxygens (including phenoxy) is 2. The molecule has 8 rings (SSSR count). The van der Waals surface area contributed by atoms with Gasteiger partial charge in [-0.2, -0.15) is 0 Å². The van der Waals surface area contributed by atoms with Gasteiger partial charge in [0.05, 0.1) is 13.2 Å². The van der Waals surface area contributed by atoms with Crippen molar-refractivity contribution < 1.29 is 19.7 Å². The van der Waals surface area contributed by atoms with Gasteiger partial charge in [0.25, 0.3) is 0 Å². The summed E-state index contributed by atoms with van der Waals surface area (Å²) in [4.78, 5) is 0. The second-order valence-corrected chi connectivity index (χ2v) is 7.09. The van der Waals surface area contributed by atoms with Crippen molar-refractivity contribution in [3.63, 3.8) is 0 Å². The molecular formula is C24H20O4. The number of hydrogen-bond acceptors (Lipinski definition) is 4. The van der Waals surface area contributed by atoms with E-state index in [1.165, 1.54) is 0 Å². The molecule has 0 fully saturated rings. The van der Waals surface area contributed by atoms with Gasteiger partial charge in [-0.25, -0.2) is 0 Å². The molecule has 0 amide bonds. The Hall–Kier alpha value is -3.40. The van der Waals surface area contributed by atoms with E-state index in [1.54, 1.807) is 12.1 Å². The molecule has 0 saturated carbocycles. The van der Waals surface area contributed by atoms with E-state index in [0.717, 1.165) is 45.9 Å². The van der Waals surface area contributed by atoms with Crippen LogP contribution in [0.15, 0.2) is 60.7 Å². The molecule has 2 N–H and O–H groups in total. The van der Waals surface area contributed by atoms with Gasteiger partial charge in [-0.3, -0.25) is 0 Å². The number of hydrogen-bond donors (Lipinski definition) is 2. The van der Waals surface area contributed by atoms with Crippen molar-refractivity contribution in [1.82, 2.24) is 0 Å². The minimum Gasteiger partial charge on any atom is -0.507 e. The lowest BCUT2D eigenvalue weighted by Gasteiger charge is -2.16. The van der Waals surface area contributed by atoms with E-state index in [2.05, 4.69) is 0 Å². The average Bonchev–Trinajstić information content (AvgIpc) is 2.70. The highest BCUT2D eigenvalue weighted by Gasteiger charge is 2.17. The van der Waals surface area contributed by atoms with Gasteiger partial charge in [0.15, 0.2) is 0 Å². The molecular weight excluding hydrogens is 352 g/mol. The average molecular weight is 372 g/mol. The first-order valence-corrected chi connectivity index (χ1v) is 9.48.